The molecule has 2 heterocycles. The first-order chi connectivity index (χ1) is 16.5. The summed E-state index contributed by atoms with van der Waals surface area (Å²) in [6.07, 6.45) is 0. The zero-order chi connectivity index (χ0) is 25.8. The molecule has 0 radical (unpaired) electrons. The molecule has 2 amide bonds. The number of hydrogen-bond donors (Lipinski definition) is 4. The van der Waals surface area contributed by atoms with Crippen LogP contribution < -0.4 is 21.5 Å². The maximum atomic E-state index is 12.8. The van der Waals surface area contributed by atoms with Gasteiger partial charge in [-0.3, -0.25) is 19.1 Å². The Kier molecular flexibility index (Phi) is 7.88. The number of ether oxygens (including phenoxy) is 1. The van der Waals surface area contributed by atoms with Crippen LogP contribution in [-0.2, 0) is 24.7 Å². The molecular weight excluding hydrogens is 502 g/mol. The largest absolute Gasteiger partial charge is 0.490 e. The monoisotopic (exact) mass is 525 g/mol. The maximum Gasteiger partial charge on any atom is 0.362 e. The molecule has 1 aromatic carbocycles. The van der Waals surface area contributed by atoms with E-state index in [2.05, 4.69) is 20.4 Å². The number of benzene rings is 1. The summed E-state index contributed by atoms with van der Waals surface area (Å²) in [5.74, 6) is -0.886. The molecule has 1 fully saturated rings. The third kappa shape index (κ3) is 6.03. The minimum Gasteiger partial charge on any atom is -0.490 e. The number of hydrogen-bond acceptors (Lipinski definition) is 11. The Morgan fingerprint density at radius 2 is 2.00 bits per heavy atom. The van der Waals surface area contributed by atoms with Crippen molar-refractivity contribution in [2.24, 2.45) is 15.9 Å². The highest BCUT2D eigenvalue weighted by atomic mass is 32.2. The smallest absolute Gasteiger partial charge is 0.362 e. The van der Waals surface area contributed by atoms with Crippen molar-refractivity contribution in [3.05, 3.63) is 40.9 Å². The van der Waals surface area contributed by atoms with Crippen molar-refractivity contribution in [1.29, 1.82) is 0 Å². The quantitative estimate of drug-likeness (QED) is 0.0770. The van der Waals surface area contributed by atoms with E-state index < -0.39 is 34.2 Å². The van der Waals surface area contributed by atoms with Gasteiger partial charge in [0.15, 0.2) is 17.5 Å². The number of β-lactam (4-membered cyclic amide) rings is 1. The molecule has 0 aliphatic carbocycles. The van der Waals surface area contributed by atoms with Gasteiger partial charge in [0.2, 0.25) is 0 Å². The van der Waals surface area contributed by atoms with Gasteiger partial charge in [0, 0.05) is 18.0 Å². The number of nitrogens with two attached hydrogens (primary N) is 2. The van der Waals surface area contributed by atoms with Crippen LogP contribution in [0.1, 0.15) is 18.2 Å². The Morgan fingerprint density at radius 3 is 2.54 bits per heavy atom. The summed E-state index contributed by atoms with van der Waals surface area (Å²) in [4.78, 5) is 37.9. The molecule has 1 aliphatic rings. The lowest BCUT2D eigenvalue weighted by atomic mass is 10.0. The molecule has 188 valence electrons. The predicted molar refractivity (Wildman–Crippen MR) is 127 cm³/mol. The van der Waals surface area contributed by atoms with Crippen LogP contribution in [0, 0.1) is 0 Å². The number of amidine groups is 1. The average Bonchev–Trinajstić information content (AvgIpc) is 3.24. The summed E-state index contributed by atoms with van der Waals surface area (Å²) in [6, 6.07) is 4.72. The van der Waals surface area contributed by atoms with E-state index in [1.807, 2.05) is 0 Å². The lowest BCUT2D eigenvalue weighted by Gasteiger charge is -2.42. The second-order valence-corrected chi connectivity index (χ2v) is 9.31. The standard InChI is InChI=1S/C19H23N7O7S2/c1-10-14(18(28)26(10)35(29,30)31)24-17(27)15(13-9-34-19(21)23-13)25-33-8-7-32-12-5-3-11(4-6-12)16(20)22-2/h3-6,9-10,14H,7-8H2,1-2H3,(H2,20,22)(H2,21,23)(H,24,27)(H,29,30,31)/t10-,14-/m0/s1. The van der Waals surface area contributed by atoms with Gasteiger partial charge in [-0.15, -0.1) is 11.3 Å². The highest BCUT2D eigenvalue weighted by Gasteiger charge is 2.51. The van der Waals surface area contributed by atoms with Crippen molar-refractivity contribution in [1.82, 2.24) is 14.6 Å². The fourth-order valence-electron chi connectivity index (χ4n) is 3.07. The zero-order valence-corrected chi connectivity index (χ0v) is 20.2. The van der Waals surface area contributed by atoms with Gasteiger partial charge in [0.05, 0.1) is 6.04 Å². The third-order valence-electron chi connectivity index (χ3n) is 4.84. The molecule has 0 bridgehead atoms. The number of amides is 2. The van der Waals surface area contributed by atoms with Gasteiger partial charge in [0.25, 0.3) is 11.8 Å². The summed E-state index contributed by atoms with van der Waals surface area (Å²) in [5, 5.41) is 7.81. The second kappa shape index (κ2) is 10.7. The van der Waals surface area contributed by atoms with Crippen molar-refractivity contribution in [2.45, 2.75) is 19.0 Å². The number of nitrogens with zero attached hydrogens (tertiary/aromatic N) is 4. The van der Waals surface area contributed by atoms with Crippen LogP contribution in [0.15, 0.2) is 39.8 Å². The Bertz CT molecular complexity index is 1260. The van der Waals surface area contributed by atoms with Gasteiger partial charge in [0.1, 0.15) is 29.9 Å². The first-order valence-electron chi connectivity index (χ1n) is 10.0. The highest BCUT2D eigenvalue weighted by Crippen LogP contribution is 2.23. The number of rotatable bonds is 10. The molecule has 0 unspecified atom stereocenters. The molecule has 1 saturated heterocycles. The van der Waals surface area contributed by atoms with Gasteiger partial charge in [-0.2, -0.15) is 8.42 Å². The molecule has 2 atom stereocenters. The average molecular weight is 526 g/mol. The molecule has 35 heavy (non-hydrogen) atoms. The molecule has 14 nitrogen and oxygen atoms in total. The fraction of sp³-hybridized carbons (Fsp3) is 0.316. The number of thiazole rings is 1. The molecule has 2 aromatic rings. The van der Waals surface area contributed by atoms with E-state index in [-0.39, 0.29) is 34.1 Å². The van der Waals surface area contributed by atoms with Gasteiger partial charge in [-0.05, 0) is 31.2 Å². The normalized spacial score (nSPS) is 18.7. The van der Waals surface area contributed by atoms with Crippen LogP contribution in [0.3, 0.4) is 0 Å². The van der Waals surface area contributed by atoms with E-state index in [0.717, 1.165) is 16.9 Å². The van der Waals surface area contributed by atoms with Crippen molar-refractivity contribution >= 4 is 50.1 Å². The topological polar surface area (TPSA) is 212 Å². The van der Waals surface area contributed by atoms with Crippen LogP contribution in [-0.4, -0.2) is 78.0 Å². The number of nitrogen functional groups attached to an aromatic ring is 1. The first-order valence-corrected chi connectivity index (χ1v) is 12.3. The van der Waals surface area contributed by atoms with E-state index in [4.69, 9.17) is 25.6 Å². The SMILES string of the molecule is CN=C(N)c1ccc(OCCON=C(C(=O)N[C@@H]2C(=O)N(S(=O)(=O)O)[C@H]2C)c2csc(N)n2)cc1. The van der Waals surface area contributed by atoms with E-state index in [0.29, 0.717) is 11.6 Å². The minimum atomic E-state index is -4.73. The number of aromatic nitrogens is 1. The Morgan fingerprint density at radius 1 is 1.31 bits per heavy atom. The van der Waals surface area contributed by atoms with Crippen molar-refractivity contribution in [2.75, 3.05) is 26.0 Å². The van der Waals surface area contributed by atoms with Crippen molar-refractivity contribution < 1.29 is 32.1 Å². The molecule has 16 heteroatoms. The predicted octanol–water partition coefficient (Wildman–Crippen LogP) is -0.622. The second-order valence-electron chi connectivity index (χ2n) is 7.13. The molecule has 3 rings (SSSR count). The minimum absolute atomic E-state index is 0.0357. The molecular formula is C19H23N7O7S2. The van der Waals surface area contributed by atoms with Crippen LogP contribution in [0.2, 0.25) is 0 Å². The Labute approximate surface area is 204 Å². The van der Waals surface area contributed by atoms with Gasteiger partial charge < -0.3 is 26.4 Å². The molecule has 1 aliphatic heterocycles. The number of carbonyl (C=O) groups is 2. The number of oxime groups is 1. The van der Waals surface area contributed by atoms with Crippen LogP contribution in [0.4, 0.5) is 5.13 Å². The number of carbonyl (C=O) groups excluding carboxylic acids is 2. The number of aliphatic imine (C=N–C) groups is 1. The van der Waals surface area contributed by atoms with Crippen molar-refractivity contribution in [3.8, 4) is 5.75 Å². The lowest BCUT2D eigenvalue weighted by molar-refractivity contribution is -0.143. The fourth-order valence-corrected chi connectivity index (χ4v) is 4.50. The summed E-state index contributed by atoms with van der Waals surface area (Å²) in [7, 11) is -3.14. The summed E-state index contributed by atoms with van der Waals surface area (Å²) in [5.41, 5.74) is 11.9. The van der Waals surface area contributed by atoms with E-state index in [1.54, 1.807) is 31.3 Å². The Balaban J connectivity index is 1.61. The van der Waals surface area contributed by atoms with E-state index in [1.165, 1.54) is 12.3 Å². The Hall–Kier alpha value is -3.76. The van der Waals surface area contributed by atoms with Crippen LogP contribution >= 0.6 is 11.3 Å². The number of nitrogens with one attached hydrogen (secondary N) is 1. The van der Waals surface area contributed by atoms with Crippen molar-refractivity contribution in [3.63, 3.8) is 0 Å². The highest BCUT2D eigenvalue weighted by molar-refractivity contribution is 7.84. The van der Waals surface area contributed by atoms with Gasteiger partial charge >= 0.3 is 10.3 Å². The number of anilines is 1. The van der Waals surface area contributed by atoms with Crippen LogP contribution in [0.25, 0.3) is 0 Å². The summed E-state index contributed by atoms with van der Waals surface area (Å²) >= 11 is 1.06. The van der Waals surface area contributed by atoms with E-state index in [9.17, 15) is 18.0 Å². The van der Waals surface area contributed by atoms with Crippen LogP contribution in [0.5, 0.6) is 5.75 Å². The molecule has 0 saturated carbocycles. The zero-order valence-electron chi connectivity index (χ0n) is 18.6. The maximum absolute atomic E-state index is 12.8. The summed E-state index contributed by atoms with van der Waals surface area (Å²) < 4.78 is 37.4. The molecule has 1 aromatic heterocycles. The molecule has 0 spiro atoms. The van der Waals surface area contributed by atoms with E-state index >= 15 is 0 Å². The van der Waals surface area contributed by atoms with Gasteiger partial charge in [-0.1, -0.05) is 5.16 Å². The van der Waals surface area contributed by atoms with Gasteiger partial charge in [-0.25, -0.2) is 9.29 Å². The summed E-state index contributed by atoms with van der Waals surface area (Å²) in [6.45, 7) is 1.41. The first kappa shape index (κ1) is 25.9. The lowest BCUT2D eigenvalue weighted by Crippen LogP contribution is -2.71. The molecule has 6 N–H and O–H groups in total. The third-order valence-corrected chi connectivity index (χ3v) is 6.52.